The summed E-state index contributed by atoms with van der Waals surface area (Å²) in [6, 6.07) is 2.83. The maximum Gasteiger partial charge on any atom is 0.417 e. The molecular weight excluding hydrogens is 321 g/mol. The number of nitrogens with zero attached hydrogens (tertiary/aromatic N) is 1. The lowest BCUT2D eigenvalue weighted by atomic mass is 9.99. The molecule has 5 nitrogen and oxygen atoms in total. The van der Waals surface area contributed by atoms with Crippen LogP contribution in [-0.4, -0.2) is 24.5 Å². The Labute approximate surface area is 124 Å². The van der Waals surface area contributed by atoms with Gasteiger partial charge in [-0.25, -0.2) is 8.42 Å². The minimum atomic E-state index is -4.79. The Bertz CT molecular complexity index is 892. The van der Waals surface area contributed by atoms with E-state index in [9.17, 15) is 26.4 Å². The maximum absolute atomic E-state index is 13.3. The Balaban J connectivity index is 3.04. The zero-order chi connectivity index (χ0) is 16.9. The summed E-state index contributed by atoms with van der Waals surface area (Å²) in [5.74, 6) is 0. The summed E-state index contributed by atoms with van der Waals surface area (Å²) in [4.78, 5) is 11.6. The van der Waals surface area contributed by atoms with Crippen LogP contribution in [0.15, 0.2) is 27.9 Å². The number of alkyl halides is 3. The van der Waals surface area contributed by atoms with E-state index in [0.717, 1.165) is 29.1 Å². The molecule has 1 aromatic carbocycles. The van der Waals surface area contributed by atoms with E-state index in [1.54, 1.807) is 0 Å². The number of rotatable bonds is 2. The molecule has 120 valence electrons. The number of nitrogens with one attached hydrogen (secondary N) is 1. The van der Waals surface area contributed by atoms with Crippen LogP contribution < -0.4 is 5.56 Å². The third kappa shape index (κ3) is 2.68. The van der Waals surface area contributed by atoms with Crippen molar-refractivity contribution in [3.8, 4) is 11.1 Å². The fourth-order valence-corrected chi connectivity index (χ4v) is 3.22. The lowest BCUT2D eigenvalue weighted by molar-refractivity contribution is -0.137. The lowest BCUT2D eigenvalue weighted by Gasteiger charge is -2.15. The fraction of sp³-hybridized carbons (Fsp3) is 0.308. The average Bonchev–Trinajstić information content (AvgIpc) is 2.60. The zero-order valence-electron chi connectivity index (χ0n) is 11.9. The summed E-state index contributed by atoms with van der Waals surface area (Å²) in [5, 5.41) is 2.57. The van der Waals surface area contributed by atoms with E-state index < -0.39 is 37.6 Å². The van der Waals surface area contributed by atoms with E-state index in [1.165, 1.54) is 14.0 Å². The maximum atomic E-state index is 13.3. The Hall–Kier alpha value is -2.03. The Morgan fingerprint density at radius 2 is 1.77 bits per heavy atom. The van der Waals surface area contributed by atoms with Crippen molar-refractivity contribution in [2.75, 3.05) is 6.26 Å². The molecule has 0 bridgehead atoms. The van der Waals surface area contributed by atoms with Crippen LogP contribution in [0, 0.1) is 6.92 Å². The Morgan fingerprint density at radius 1 is 1.18 bits per heavy atom. The monoisotopic (exact) mass is 334 g/mol. The second-order valence-electron chi connectivity index (χ2n) is 4.92. The summed E-state index contributed by atoms with van der Waals surface area (Å²) in [7, 11) is -2.61. The first-order valence-corrected chi connectivity index (χ1v) is 8.00. The summed E-state index contributed by atoms with van der Waals surface area (Å²) in [6.07, 6.45) is -3.98. The first kappa shape index (κ1) is 16.3. The molecule has 0 aliphatic heterocycles. The van der Waals surface area contributed by atoms with Crippen molar-refractivity contribution in [2.24, 2.45) is 7.05 Å². The first-order valence-electron chi connectivity index (χ1n) is 6.11. The van der Waals surface area contributed by atoms with Crippen molar-refractivity contribution in [1.82, 2.24) is 9.78 Å². The van der Waals surface area contributed by atoms with Crippen molar-refractivity contribution in [3.63, 3.8) is 0 Å². The van der Waals surface area contributed by atoms with Gasteiger partial charge in [0, 0.05) is 24.6 Å². The highest BCUT2D eigenvalue weighted by atomic mass is 32.2. The van der Waals surface area contributed by atoms with Crippen LogP contribution in [0.2, 0.25) is 0 Å². The van der Waals surface area contributed by atoms with E-state index in [-0.39, 0.29) is 11.3 Å². The number of aromatic amines is 1. The van der Waals surface area contributed by atoms with Crippen molar-refractivity contribution in [2.45, 2.75) is 18.0 Å². The minimum absolute atomic E-state index is 0.161. The molecule has 9 heteroatoms. The smallest absolute Gasteiger partial charge is 0.300 e. The molecule has 0 unspecified atom stereocenters. The highest BCUT2D eigenvalue weighted by molar-refractivity contribution is 7.90. The molecule has 0 atom stereocenters. The van der Waals surface area contributed by atoms with Gasteiger partial charge in [-0.3, -0.25) is 14.6 Å². The quantitative estimate of drug-likeness (QED) is 0.914. The van der Waals surface area contributed by atoms with Gasteiger partial charge in [-0.2, -0.15) is 13.2 Å². The molecule has 0 saturated heterocycles. The molecule has 0 aliphatic rings. The third-order valence-electron chi connectivity index (χ3n) is 3.21. The normalized spacial score (nSPS) is 12.6. The van der Waals surface area contributed by atoms with Gasteiger partial charge in [0.25, 0.3) is 5.56 Å². The fourth-order valence-electron chi connectivity index (χ4n) is 2.31. The largest absolute Gasteiger partial charge is 0.417 e. The van der Waals surface area contributed by atoms with Crippen LogP contribution in [0.25, 0.3) is 11.1 Å². The molecule has 2 aromatic rings. The lowest BCUT2D eigenvalue weighted by Crippen LogP contribution is -2.17. The van der Waals surface area contributed by atoms with Crippen molar-refractivity contribution >= 4 is 9.84 Å². The molecule has 1 heterocycles. The first-order chi connectivity index (χ1) is 9.94. The standard InChI is InChI=1S/C13H13F3N2O3S/c1-7-10(12(19)18(2)17-7)11-8(13(14,15)16)5-4-6-9(11)22(3,20)21/h4-6,17H,1-3H3. The number of aryl methyl sites for hydroxylation is 2. The van der Waals surface area contributed by atoms with Crippen LogP contribution >= 0.6 is 0 Å². The molecule has 1 N–H and O–H groups in total. The van der Waals surface area contributed by atoms with Gasteiger partial charge in [-0.15, -0.1) is 0 Å². The third-order valence-corrected chi connectivity index (χ3v) is 4.35. The second kappa shape index (κ2) is 5.01. The molecule has 0 aliphatic carbocycles. The molecule has 0 radical (unpaired) electrons. The van der Waals surface area contributed by atoms with Gasteiger partial charge in [0.2, 0.25) is 0 Å². The van der Waals surface area contributed by atoms with E-state index in [1.807, 2.05) is 0 Å². The number of aromatic nitrogens is 2. The van der Waals surface area contributed by atoms with Crippen LogP contribution in [-0.2, 0) is 23.1 Å². The predicted octanol–water partition coefficient (Wildman–Crippen LogP) is 2.11. The zero-order valence-corrected chi connectivity index (χ0v) is 12.8. The second-order valence-corrected chi connectivity index (χ2v) is 6.91. The van der Waals surface area contributed by atoms with Gasteiger partial charge in [-0.05, 0) is 19.1 Å². The van der Waals surface area contributed by atoms with Crippen molar-refractivity contribution in [3.05, 3.63) is 39.8 Å². The molecule has 0 fully saturated rings. The number of hydrogen-bond acceptors (Lipinski definition) is 3. The number of halogens is 3. The number of hydrogen-bond donors (Lipinski definition) is 1. The van der Waals surface area contributed by atoms with Gasteiger partial charge < -0.3 is 0 Å². The van der Waals surface area contributed by atoms with Gasteiger partial charge in [0.15, 0.2) is 9.84 Å². The van der Waals surface area contributed by atoms with Gasteiger partial charge in [0.1, 0.15) is 0 Å². The summed E-state index contributed by atoms with van der Waals surface area (Å²) in [5.41, 5.74) is -2.63. The number of H-pyrrole nitrogens is 1. The summed E-state index contributed by atoms with van der Waals surface area (Å²) in [6.45, 7) is 1.41. The topological polar surface area (TPSA) is 71.9 Å². The van der Waals surface area contributed by atoms with Crippen LogP contribution in [0.5, 0.6) is 0 Å². The van der Waals surface area contributed by atoms with E-state index in [4.69, 9.17) is 0 Å². The van der Waals surface area contributed by atoms with Crippen LogP contribution in [0.4, 0.5) is 13.2 Å². The van der Waals surface area contributed by atoms with E-state index in [0.29, 0.717) is 0 Å². The summed E-state index contributed by atoms with van der Waals surface area (Å²) >= 11 is 0. The molecule has 2 rings (SSSR count). The Morgan fingerprint density at radius 3 is 2.18 bits per heavy atom. The van der Waals surface area contributed by atoms with Gasteiger partial charge in [-0.1, -0.05) is 6.07 Å². The van der Waals surface area contributed by atoms with E-state index >= 15 is 0 Å². The van der Waals surface area contributed by atoms with Crippen molar-refractivity contribution in [1.29, 1.82) is 0 Å². The highest BCUT2D eigenvalue weighted by Gasteiger charge is 2.37. The highest BCUT2D eigenvalue weighted by Crippen LogP contribution is 2.40. The van der Waals surface area contributed by atoms with Crippen molar-refractivity contribution < 1.29 is 21.6 Å². The van der Waals surface area contributed by atoms with Gasteiger partial charge in [0.05, 0.1) is 16.0 Å². The molecule has 0 spiro atoms. The minimum Gasteiger partial charge on any atom is -0.300 e. The summed E-state index contributed by atoms with van der Waals surface area (Å²) < 4.78 is 64.5. The Kier molecular flexibility index (Phi) is 3.72. The number of sulfone groups is 1. The van der Waals surface area contributed by atoms with E-state index in [2.05, 4.69) is 5.10 Å². The molecule has 22 heavy (non-hydrogen) atoms. The molecular formula is C13H13F3N2O3S. The van der Waals surface area contributed by atoms with Crippen LogP contribution in [0.3, 0.4) is 0 Å². The van der Waals surface area contributed by atoms with Crippen LogP contribution in [0.1, 0.15) is 11.3 Å². The molecule has 0 amide bonds. The molecule has 1 aromatic heterocycles. The van der Waals surface area contributed by atoms with Gasteiger partial charge >= 0.3 is 6.18 Å². The molecule has 0 saturated carbocycles. The average molecular weight is 334 g/mol. The SMILES string of the molecule is Cc1[nH]n(C)c(=O)c1-c1c(C(F)(F)F)cccc1S(C)(=O)=O. The predicted molar refractivity (Wildman–Crippen MR) is 74.3 cm³/mol. The number of benzene rings is 1.